The standard InChI is InChI=1S/C14H28O2/c1-3-13(15)10-14(16)11(2)9-12-7-5-4-6-8-12/h11-16H,3-10H2,1-2H3/t11-,13+,14-/m0/s1. The second-order valence-electron chi connectivity index (χ2n) is 5.58. The lowest BCUT2D eigenvalue weighted by Gasteiger charge is -2.28. The minimum Gasteiger partial charge on any atom is -0.393 e. The van der Waals surface area contributed by atoms with Crippen LogP contribution in [0.5, 0.6) is 0 Å². The average Bonchev–Trinajstić information content (AvgIpc) is 2.30. The molecule has 1 aliphatic carbocycles. The molecular formula is C14H28O2. The van der Waals surface area contributed by atoms with E-state index in [1.165, 1.54) is 32.1 Å². The molecule has 2 heteroatoms. The summed E-state index contributed by atoms with van der Waals surface area (Å²) in [6.45, 7) is 4.09. The minimum atomic E-state index is -0.330. The Morgan fingerprint density at radius 1 is 1.12 bits per heavy atom. The van der Waals surface area contributed by atoms with Crippen LogP contribution < -0.4 is 0 Å². The lowest BCUT2D eigenvalue weighted by atomic mass is 9.81. The Balaban J connectivity index is 2.24. The van der Waals surface area contributed by atoms with Crippen molar-refractivity contribution in [2.24, 2.45) is 11.8 Å². The fourth-order valence-electron chi connectivity index (χ4n) is 2.78. The van der Waals surface area contributed by atoms with Gasteiger partial charge in [0.05, 0.1) is 12.2 Å². The maximum absolute atomic E-state index is 9.99. The molecule has 0 amide bonds. The lowest BCUT2D eigenvalue weighted by molar-refractivity contribution is 0.0377. The summed E-state index contributed by atoms with van der Waals surface area (Å²) in [5, 5.41) is 19.5. The summed E-state index contributed by atoms with van der Waals surface area (Å²) < 4.78 is 0. The number of aliphatic hydroxyl groups is 2. The fraction of sp³-hybridized carbons (Fsp3) is 1.00. The number of hydrogen-bond donors (Lipinski definition) is 2. The van der Waals surface area contributed by atoms with Gasteiger partial charge in [-0.1, -0.05) is 46.0 Å². The second-order valence-corrected chi connectivity index (χ2v) is 5.58. The summed E-state index contributed by atoms with van der Waals surface area (Å²) in [7, 11) is 0. The predicted octanol–water partition coefficient (Wildman–Crippen LogP) is 3.11. The van der Waals surface area contributed by atoms with Crippen LogP contribution in [0.3, 0.4) is 0 Å². The van der Waals surface area contributed by atoms with Gasteiger partial charge in [-0.2, -0.15) is 0 Å². The molecule has 1 rings (SSSR count). The summed E-state index contributed by atoms with van der Waals surface area (Å²) in [6, 6.07) is 0. The Kier molecular flexibility index (Phi) is 6.37. The van der Waals surface area contributed by atoms with E-state index in [-0.39, 0.29) is 12.2 Å². The number of hydrogen-bond acceptors (Lipinski definition) is 2. The molecule has 96 valence electrons. The molecular weight excluding hydrogens is 200 g/mol. The molecule has 1 fully saturated rings. The Morgan fingerprint density at radius 2 is 1.75 bits per heavy atom. The Hall–Kier alpha value is -0.0800. The van der Waals surface area contributed by atoms with E-state index >= 15 is 0 Å². The van der Waals surface area contributed by atoms with E-state index in [2.05, 4.69) is 6.92 Å². The molecule has 0 saturated heterocycles. The summed E-state index contributed by atoms with van der Waals surface area (Å²) in [5.74, 6) is 1.15. The van der Waals surface area contributed by atoms with Crippen molar-refractivity contribution in [2.45, 2.75) is 77.4 Å². The van der Waals surface area contributed by atoms with Crippen LogP contribution in [0.2, 0.25) is 0 Å². The molecule has 0 heterocycles. The molecule has 0 aromatic heterocycles. The molecule has 1 saturated carbocycles. The van der Waals surface area contributed by atoms with Gasteiger partial charge in [0.25, 0.3) is 0 Å². The smallest absolute Gasteiger partial charge is 0.0590 e. The van der Waals surface area contributed by atoms with Gasteiger partial charge in [0.2, 0.25) is 0 Å². The number of aliphatic hydroxyl groups excluding tert-OH is 2. The fourth-order valence-corrected chi connectivity index (χ4v) is 2.78. The molecule has 0 bridgehead atoms. The van der Waals surface area contributed by atoms with E-state index in [1.807, 2.05) is 6.92 Å². The van der Waals surface area contributed by atoms with Gasteiger partial charge in [0, 0.05) is 0 Å². The molecule has 16 heavy (non-hydrogen) atoms. The first-order valence-corrected chi connectivity index (χ1v) is 6.99. The molecule has 0 aromatic carbocycles. The first-order chi connectivity index (χ1) is 7.63. The number of rotatable bonds is 6. The molecule has 0 radical (unpaired) electrons. The largest absolute Gasteiger partial charge is 0.393 e. The van der Waals surface area contributed by atoms with Crippen molar-refractivity contribution in [3.05, 3.63) is 0 Å². The summed E-state index contributed by atoms with van der Waals surface area (Å²) in [4.78, 5) is 0. The van der Waals surface area contributed by atoms with E-state index in [0.717, 1.165) is 18.8 Å². The molecule has 0 spiro atoms. The van der Waals surface area contributed by atoms with Gasteiger partial charge in [-0.3, -0.25) is 0 Å². The summed E-state index contributed by atoms with van der Waals surface area (Å²) in [6.07, 6.45) is 8.58. The summed E-state index contributed by atoms with van der Waals surface area (Å²) in [5.41, 5.74) is 0. The Bertz CT molecular complexity index is 176. The zero-order valence-electron chi connectivity index (χ0n) is 10.9. The molecule has 0 unspecified atom stereocenters. The van der Waals surface area contributed by atoms with Crippen molar-refractivity contribution in [1.29, 1.82) is 0 Å². The van der Waals surface area contributed by atoms with Crippen LogP contribution in [0.25, 0.3) is 0 Å². The van der Waals surface area contributed by atoms with Crippen molar-refractivity contribution in [2.75, 3.05) is 0 Å². The van der Waals surface area contributed by atoms with E-state index in [9.17, 15) is 10.2 Å². The van der Waals surface area contributed by atoms with Gasteiger partial charge in [-0.15, -0.1) is 0 Å². The van der Waals surface area contributed by atoms with Crippen molar-refractivity contribution in [3.8, 4) is 0 Å². The maximum atomic E-state index is 9.99. The van der Waals surface area contributed by atoms with Crippen molar-refractivity contribution in [1.82, 2.24) is 0 Å². The average molecular weight is 228 g/mol. The van der Waals surface area contributed by atoms with Gasteiger partial charge < -0.3 is 10.2 Å². The van der Waals surface area contributed by atoms with Crippen LogP contribution in [0.4, 0.5) is 0 Å². The van der Waals surface area contributed by atoms with E-state index in [0.29, 0.717) is 12.3 Å². The second kappa shape index (κ2) is 7.29. The molecule has 2 N–H and O–H groups in total. The normalized spacial score (nSPS) is 24.0. The van der Waals surface area contributed by atoms with Gasteiger partial charge >= 0.3 is 0 Å². The van der Waals surface area contributed by atoms with Crippen molar-refractivity contribution >= 4 is 0 Å². The van der Waals surface area contributed by atoms with Crippen LogP contribution >= 0.6 is 0 Å². The lowest BCUT2D eigenvalue weighted by Crippen LogP contribution is -2.26. The van der Waals surface area contributed by atoms with Gasteiger partial charge in [0.15, 0.2) is 0 Å². The molecule has 0 aromatic rings. The monoisotopic (exact) mass is 228 g/mol. The van der Waals surface area contributed by atoms with Crippen LogP contribution in [0.15, 0.2) is 0 Å². The quantitative estimate of drug-likeness (QED) is 0.733. The SMILES string of the molecule is CC[C@@H](O)C[C@H](O)[C@@H](C)CC1CCCCC1. The third kappa shape index (κ3) is 4.84. The molecule has 0 aliphatic heterocycles. The van der Waals surface area contributed by atoms with Crippen LogP contribution in [-0.4, -0.2) is 22.4 Å². The predicted molar refractivity (Wildman–Crippen MR) is 67.3 cm³/mol. The zero-order chi connectivity index (χ0) is 12.0. The van der Waals surface area contributed by atoms with Crippen LogP contribution in [0, 0.1) is 11.8 Å². The maximum Gasteiger partial charge on any atom is 0.0590 e. The molecule has 2 nitrogen and oxygen atoms in total. The third-order valence-corrected chi connectivity index (χ3v) is 4.07. The van der Waals surface area contributed by atoms with Gasteiger partial charge in [-0.25, -0.2) is 0 Å². The zero-order valence-corrected chi connectivity index (χ0v) is 10.9. The summed E-state index contributed by atoms with van der Waals surface area (Å²) >= 11 is 0. The van der Waals surface area contributed by atoms with Gasteiger partial charge in [-0.05, 0) is 31.1 Å². The molecule has 1 aliphatic rings. The van der Waals surface area contributed by atoms with Gasteiger partial charge in [0.1, 0.15) is 0 Å². The Morgan fingerprint density at radius 3 is 2.31 bits per heavy atom. The highest BCUT2D eigenvalue weighted by atomic mass is 16.3. The highest BCUT2D eigenvalue weighted by molar-refractivity contribution is 4.74. The first kappa shape index (κ1) is 14.0. The Labute approximate surface area is 100 Å². The van der Waals surface area contributed by atoms with Crippen molar-refractivity contribution < 1.29 is 10.2 Å². The van der Waals surface area contributed by atoms with E-state index < -0.39 is 0 Å². The highest BCUT2D eigenvalue weighted by Crippen LogP contribution is 2.30. The van der Waals surface area contributed by atoms with E-state index in [1.54, 1.807) is 0 Å². The van der Waals surface area contributed by atoms with Crippen LogP contribution in [0.1, 0.15) is 65.2 Å². The minimum absolute atomic E-state index is 0.322. The topological polar surface area (TPSA) is 40.5 Å². The van der Waals surface area contributed by atoms with Crippen molar-refractivity contribution in [3.63, 3.8) is 0 Å². The van der Waals surface area contributed by atoms with Crippen LogP contribution in [-0.2, 0) is 0 Å². The first-order valence-electron chi connectivity index (χ1n) is 6.99. The van der Waals surface area contributed by atoms with E-state index in [4.69, 9.17) is 0 Å². The molecule has 3 atom stereocenters. The highest BCUT2D eigenvalue weighted by Gasteiger charge is 2.22. The third-order valence-electron chi connectivity index (χ3n) is 4.07.